The van der Waals surface area contributed by atoms with Gasteiger partial charge < -0.3 is 4.98 Å². The minimum absolute atomic E-state index is 0.602. The Morgan fingerprint density at radius 3 is 1.95 bits per heavy atom. The van der Waals surface area contributed by atoms with Crippen LogP contribution in [0.2, 0.25) is 0 Å². The van der Waals surface area contributed by atoms with Crippen molar-refractivity contribution in [1.29, 1.82) is 5.26 Å². The topological polar surface area (TPSA) is 39.6 Å². The summed E-state index contributed by atoms with van der Waals surface area (Å²) in [6.07, 6.45) is 0. The fourth-order valence-corrected chi connectivity index (χ4v) is 2.16. The number of H-pyrrole nitrogens is 1. The highest BCUT2D eigenvalue weighted by molar-refractivity contribution is 5.76. The molecule has 3 aromatic rings. The summed E-state index contributed by atoms with van der Waals surface area (Å²) in [5, 5.41) is 9.26. The average Bonchev–Trinajstić information content (AvgIpc) is 2.93. The van der Waals surface area contributed by atoms with E-state index in [9.17, 15) is 5.26 Å². The number of benzene rings is 2. The van der Waals surface area contributed by atoms with Crippen LogP contribution in [0.5, 0.6) is 0 Å². The van der Waals surface area contributed by atoms with Crippen LogP contribution in [-0.2, 0) is 0 Å². The standard InChI is InChI=1S/C17H12N2/c18-12-17-15(13-7-3-1-4-8-13)11-16(19-17)14-9-5-2-6-10-14/h1-11,19H. The Kier molecular flexibility index (Phi) is 2.88. The maximum absolute atomic E-state index is 9.26. The molecular formula is C17H12N2. The Morgan fingerprint density at radius 1 is 0.789 bits per heavy atom. The summed E-state index contributed by atoms with van der Waals surface area (Å²) in [6, 6.07) is 24.2. The SMILES string of the molecule is N#Cc1[nH]c(-c2ccccc2)cc1-c1ccccc1. The van der Waals surface area contributed by atoms with Crippen LogP contribution in [0.25, 0.3) is 22.4 Å². The lowest BCUT2D eigenvalue weighted by atomic mass is 10.1. The van der Waals surface area contributed by atoms with Crippen molar-refractivity contribution in [3.63, 3.8) is 0 Å². The molecule has 0 unspecified atom stereocenters. The molecule has 0 atom stereocenters. The third-order valence-electron chi connectivity index (χ3n) is 3.10. The smallest absolute Gasteiger partial charge is 0.125 e. The van der Waals surface area contributed by atoms with Gasteiger partial charge in [0.2, 0.25) is 0 Å². The van der Waals surface area contributed by atoms with E-state index in [1.165, 1.54) is 0 Å². The van der Waals surface area contributed by atoms with Gasteiger partial charge in [-0.3, -0.25) is 0 Å². The van der Waals surface area contributed by atoms with Gasteiger partial charge >= 0.3 is 0 Å². The zero-order valence-electron chi connectivity index (χ0n) is 10.3. The van der Waals surface area contributed by atoms with Crippen LogP contribution in [0.4, 0.5) is 0 Å². The van der Waals surface area contributed by atoms with E-state index in [1.54, 1.807) is 0 Å². The molecule has 0 aliphatic heterocycles. The van der Waals surface area contributed by atoms with E-state index in [-0.39, 0.29) is 0 Å². The fraction of sp³-hybridized carbons (Fsp3) is 0. The number of nitrogens with zero attached hydrogens (tertiary/aromatic N) is 1. The van der Waals surface area contributed by atoms with Gasteiger partial charge in [-0.2, -0.15) is 5.26 Å². The van der Waals surface area contributed by atoms with Crippen molar-refractivity contribution in [2.45, 2.75) is 0 Å². The molecular weight excluding hydrogens is 232 g/mol. The number of hydrogen-bond acceptors (Lipinski definition) is 1. The van der Waals surface area contributed by atoms with Crippen molar-refractivity contribution in [2.24, 2.45) is 0 Å². The first-order chi connectivity index (χ1) is 9.38. The molecule has 1 aromatic heterocycles. The molecule has 1 N–H and O–H groups in total. The summed E-state index contributed by atoms with van der Waals surface area (Å²) in [5.41, 5.74) is 4.65. The van der Waals surface area contributed by atoms with Gasteiger partial charge in [-0.05, 0) is 17.2 Å². The average molecular weight is 244 g/mol. The number of nitriles is 1. The summed E-state index contributed by atoms with van der Waals surface area (Å²) in [7, 11) is 0. The molecule has 2 nitrogen and oxygen atoms in total. The lowest BCUT2D eigenvalue weighted by Gasteiger charge is -1.96. The van der Waals surface area contributed by atoms with Crippen LogP contribution < -0.4 is 0 Å². The summed E-state index contributed by atoms with van der Waals surface area (Å²) >= 11 is 0. The normalized spacial score (nSPS) is 10.1. The molecule has 0 spiro atoms. The second kappa shape index (κ2) is 4.83. The maximum atomic E-state index is 9.26. The molecule has 0 saturated heterocycles. The highest BCUT2D eigenvalue weighted by atomic mass is 14.7. The number of aromatic amines is 1. The first-order valence-electron chi connectivity index (χ1n) is 6.12. The van der Waals surface area contributed by atoms with Crippen molar-refractivity contribution in [1.82, 2.24) is 4.98 Å². The highest BCUT2D eigenvalue weighted by Gasteiger charge is 2.10. The van der Waals surface area contributed by atoms with E-state index < -0.39 is 0 Å². The van der Waals surface area contributed by atoms with Crippen LogP contribution in [0.1, 0.15) is 5.69 Å². The van der Waals surface area contributed by atoms with Gasteiger partial charge in [0.25, 0.3) is 0 Å². The van der Waals surface area contributed by atoms with Gasteiger partial charge in [0, 0.05) is 11.3 Å². The summed E-state index contributed by atoms with van der Waals surface area (Å²) in [5.74, 6) is 0. The van der Waals surface area contributed by atoms with Gasteiger partial charge in [0.05, 0.1) is 0 Å². The monoisotopic (exact) mass is 244 g/mol. The molecule has 0 aliphatic carbocycles. The van der Waals surface area contributed by atoms with Crippen LogP contribution in [-0.4, -0.2) is 4.98 Å². The molecule has 0 aliphatic rings. The molecule has 0 bridgehead atoms. The molecule has 0 amide bonds. The Morgan fingerprint density at radius 2 is 1.37 bits per heavy atom. The van der Waals surface area contributed by atoms with Crippen LogP contribution >= 0.6 is 0 Å². The first kappa shape index (κ1) is 11.3. The van der Waals surface area contributed by atoms with Crippen molar-refractivity contribution in [3.8, 4) is 28.5 Å². The number of nitrogens with one attached hydrogen (secondary N) is 1. The molecule has 90 valence electrons. The van der Waals surface area contributed by atoms with Crippen LogP contribution in [0.3, 0.4) is 0 Å². The predicted octanol–water partition coefficient (Wildman–Crippen LogP) is 4.22. The number of hydrogen-bond donors (Lipinski definition) is 1. The van der Waals surface area contributed by atoms with Crippen molar-refractivity contribution >= 4 is 0 Å². The highest BCUT2D eigenvalue weighted by Crippen LogP contribution is 2.29. The Bertz CT molecular complexity index is 719. The van der Waals surface area contributed by atoms with E-state index in [1.807, 2.05) is 66.7 Å². The van der Waals surface area contributed by atoms with Gasteiger partial charge in [0.1, 0.15) is 11.8 Å². The van der Waals surface area contributed by atoms with Gasteiger partial charge in [-0.15, -0.1) is 0 Å². The van der Waals surface area contributed by atoms with E-state index >= 15 is 0 Å². The van der Waals surface area contributed by atoms with Crippen LogP contribution in [0.15, 0.2) is 66.7 Å². The van der Waals surface area contributed by atoms with Crippen molar-refractivity contribution in [3.05, 3.63) is 72.4 Å². The molecule has 3 rings (SSSR count). The van der Waals surface area contributed by atoms with E-state index in [2.05, 4.69) is 11.1 Å². The molecule has 19 heavy (non-hydrogen) atoms. The fourth-order valence-electron chi connectivity index (χ4n) is 2.16. The minimum atomic E-state index is 0.602. The summed E-state index contributed by atoms with van der Waals surface area (Å²) < 4.78 is 0. The molecule has 0 saturated carbocycles. The van der Waals surface area contributed by atoms with E-state index in [0.717, 1.165) is 22.4 Å². The number of rotatable bonds is 2. The summed E-state index contributed by atoms with van der Waals surface area (Å²) in [4.78, 5) is 3.19. The molecule has 0 radical (unpaired) electrons. The Balaban J connectivity index is 2.13. The quantitative estimate of drug-likeness (QED) is 0.720. The summed E-state index contributed by atoms with van der Waals surface area (Å²) in [6.45, 7) is 0. The van der Waals surface area contributed by atoms with E-state index in [0.29, 0.717) is 5.69 Å². The molecule has 1 heterocycles. The molecule has 2 heteroatoms. The maximum Gasteiger partial charge on any atom is 0.125 e. The van der Waals surface area contributed by atoms with Crippen molar-refractivity contribution < 1.29 is 0 Å². The number of aromatic nitrogens is 1. The Labute approximate surface area is 112 Å². The molecule has 0 fully saturated rings. The van der Waals surface area contributed by atoms with Gasteiger partial charge in [-0.1, -0.05) is 60.7 Å². The minimum Gasteiger partial charge on any atom is -0.346 e. The van der Waals surface area contributed by atoms with Gasteiger partial charge in [-0.25, -0.2) is 0 Å². The Hall–Kier alpha value is -2.79. The second-order valence-corrected chi connectivity index (χ2v) is 4.32. The largest absolute Gasteiger partial charge is 0.346 e. The third kappa shape index (κ3) is 2.14. The predicted molar refractivity (Wildman–Crippen MR) is 76.4 cm³/mol. The lowest BCUT2D eigenvalue weighted by Crippen LogP contribution is -1.79. The van der Waals surface area contributed by atoms with Crippen LogP contribution in [0, 0.1) is 11.3 Å². The lowest BCUT2D eigenvalue weighted by molar-refractivity contribution is 1.33. The second-order valence-electron chi connectivity index (χ2n) is 4.32. The van der Waals surface area contributed by atoms with E-state index in [4.69, 9.17) is 0 Å². The zero-order valence-corrected chi connectivity index (χ0v) is 10.3. The first-order valence-corrected chi connectivity index (χ1v) is 6.12. The molecule has 2 aromatic carbocycles. The van der Waals surface area contributed by atoms with Gasteiger partial charge in [0.15, 0.2) is 0 Å². The third-order valence-corrected chi connectivity index (χ3v) is 3.10. The zero-order chi connectivity index (χ0) is 13.1. The van der Waals surface area contributed by atoms with Crippen molar-refractivity contribution in [2.75, 3.05) is 0 Å².